The fourth-order valence-electron chi connectivity index (χ4n) is 2.26. The number of nitrogens with one attached hydrogen (secondary N) is 1. The van der Waals surface area contributed by atoms with E-state index in [1.807, 2.05) is 12.1 Å². The van der Waals surface area contributed by atoms with Crippen molar-refractivity contribution >= 4 is 23.1 Å². The van der Waals surface area contributed by atoms with Crippen LogP contribution in [0.1, 0.15) is 22.5 Å². The van der Waals surface area contributed by atoms with Gasteiger partial charge < -0.3 is 5.32 Å². The summed E-state index contributed by atoms with van der Waals surface area (Å²) in [5.74, 6) is -0.796. The van der Waals surface area contributed by atoms with Gasteiger partial charge in [-0.15, -0.1) is 15.3 Å². The smallest absolute Gasteiger partial charge is 0.364 e. The SMILES string of the molecule is Cc1c(NCc2ccc(Cl)cc2)nn2c(C(F)(F)F)nnc2c1C. The molecule has 0 radical (unpaired) electrons. The van der Waals surface area contributed by atoms with Crippen LogP contribution >= 0.6 is 11.6 Å². The number of alkyl halides is 3. The molecule has 126 valence electrons. The number of nitrogens with zero attached hydrogens (tertiary/aromatic N) is 4. The number of hydrogen-bond donors (Lipinski definition) is 1. The highest BCUT2D eigenvalue weighted by Gasteiger charge is 2.38. The molecule has 1 N–H and O–H groups in total. The number of fused-ring (bicyclic) bond motifs is 1. The van der Waals surface area contributed by atoms with Gasteiger partial charge in [0.2, 0.25) is 0 Å². The summed E-state index contributed by atoms with van der Waals surface area (Å²) < 4.78 is 39.8. The predicted octanol–water partition coefficient (Wildman–Crippen LogP) is 4.03. The van der Waals surface area contributed by atoms with E-state index in [4.69, 9.17) is 11.6 Å². The molecule has 2 heterocycles. The summed E-state index contributed by atoms with van der Waals surface area (Å²) in [6.45, 7) is 3.86. The molecule has 0 aliphatic heterocycles. The molecule has 0 amide bonds. The van der Waals surface area contributed by atoms with Gasteiger partial charge in [0.15, 0.2) is 11.5 Å². The predicted molar refractivity (Wildman–Crippen MR) is 84.0 cm³/mol. The molecular formula is C15H13ClF3N5. The van der Waals surface area contributed by atoms with Crippen molar-refractivity contribution in [3.05, 3.63) is 51.8 Å². The number of anilines is 1. The molecule has 0 saturated heterocycles. The van der Waals surface area contributed by atoms with Crippen molar-refractivity contribution in [2.45, 2.75) is 26.6 Å². The second kappa shape index (κ2) is 5.94. The highest BCUT2D eigenvalue weighted by Crippen LogP contribution is 2.29. The lowest BCUT2D eigenvalue weighted by Gasteiger charge is -2.12. The Kier molecular flexibility index (Phi) is 4.08. The van der Waals surface area contributed by atoms with Gasteiger partial charge in [0.05, 0.1) is 0 Å². The fraction of sp³-hybridized carbons (Fsp3) is 0.267. The lowest BCUT2D eigenvalue weighted by molar-refractivity contribution is -0.146. The third-order valence-electron chi connectivity index (χ3n) is 3.72. The number of aromatic nitrogens is 4. The number of hydrogen-bond acceptors (Lipinski definition) is 4. The van der Waals surface area contributed by atoms with E-state index < -0.39 is 12.0 Å². The first kappa shape index (κ1) is 16.5. The summed E-state index contributed by atoms with van der Waals surface area (Å²) in [6, 6.07) is 7.15. The average molecular weight is 356 g/mol. The van der Waals surface area contributed by atoms with E-state index in [-0.39, 0.29) is 5.65 Å². The lowest BCUT2D eigenvalue weighted by Crippen LogP contribution is -2.15. The van der Waals surface area contributed by atoms with Crippen molar-refractivity contribution in [2.75, 3.05) is 5.32 Å². The quantitative estimate of drug-likeness (QED) is 0.770. The van der Waals surface area contributed by atoms with E-state index in [1.165, 1.54) is 0 Å². The summed E-state index contributed by atoms with van der Waals surface area (Å²) in [7, 11) is 0. The maximum absolute atomic E-state index is 13.0. The van der Waals surface area contributed by atoms with Crippen LogP contribution in [0, 0.1) is 13.8 Å². The van der Waals surface area contributed by atoms with E-state index in [1.54, 1.807) is 26.0 Å². The van der Waals surface area contributed by atoms with Crippen LogP contribution in [-0.2, 0) is 12.7 Å². The number of aryl methyl sites for hydroxylation is 1. The number of rotatable bonds is 3. The maximum Gasteiger partial charge on any atom is 0.453 e. The van der Waals surface area contributed by atoms with Gasteiger partial charge in [-0.1, -0.05) is 23.7 Å². The van der Waals surface area contributed by atoms with Crippen LogP contribution in [-0.4, -0.2) is 19.8 Å². The highest BCUT2D eigenvalue weighted by molar-refractivity contribution is 6.30. The van der Waals surface area contributed by atoms with E-state index in [9.17, 15) is 13.2 Å². The van der Waals surface area contributed by atoms with E-state index >= 15 is 0 Å². The van der Waals surface area contributed by atoms with Crippen molar-refractivity contribution in [1.82, 2.24) is 19.8 Å². The molecule has 5 nitrogen and oxygen atoms in total. The lowest BCUT2D eigenvalue weighted by atomic mass is 10.1. The third kappa shape index (κ3) is 3.01. The molecule has 9 heteroatoms. The molecule has 0 unspecified atom stereocenters. The third-order valence-corrected chi connectivity index (χ3v) is 3.97. The van der Waals surface area contributed by atoms with Crippen LogP contribution in [0.2, 0.25) is 5.02 Å². The molecule has 0 aliphatic rings. The van der Waals surface area contributed by atoms with Gasteiger partial charge in [0, 0.05) is 17.1 Å². The minimum atomic E-state index is -4.62. The molecule has 2 aromatic heterocycles. The monoisotopic (exact) mass is 355 g/mol. The first-order chi connectivity index (χ1) is 11.3. The Bertz CT molecular complexity index is 887. The molecular weight excluding hydrogens is 343 g/mol. The molecule has 0 saturated carbocycles. The average Bonchev–Trinajstić information content (AvgIpc) is 2.95. The van der Waals surface area contributed by atoms with Crippen LogP contribution < -0.4 is 5.32 Å². The summed E-state index contributed by atoms with van der Waals surface area (Å²) in [6.07, 6.45) is -4.62. The topological polar surface area (TPSA) is 55.1 Å². The van der Waals surface area contributed by atoms with Crippen LogP contribution in [0.3, 0.4) is 0 Å². The van der Waals surface area contributed by atoms with Crippen LogP contribution in [0.5, 0.6) is 0 Å². The van der Waals surface area contributed by atoms with Gasteiger partial charge in [-0.05, 0) is 37.1 Å². The van der Waals surface area contributed by atoms with E-state index in [0.717, 1.165) is 15.6 Å². The normalized spacial score (nSPS) is 11.9. The molecule has 3 aromatic rings. The van der Waals surface area contributed by atoms with Gasteiger partial charge >= 0.3 is 6.18 Å². The molecule has 0 spiro atoms. The molecule has 0 fully saturated rings. The fourth-order valence-corrected chi connectivity index (χ4v) is 2.39. The largest absolute Gasteiger partial charge is 0.453 e. The van der Waals surface area contributed by atoms with Crippen molar-refractivity contribution in [3.63, 3.8) is 0 Å². The maximum atomic E-state index is 13.0. The standard InChI is InChI=1S/C15H13ClF3N5/c1-8-9(2)13-21-22-14(15(17,18)19)24(13)23-12(8)20-7-10-3-5-11(16)6-4-10/h3-6H,7H2,1-2H3,(H,20,23). The van der Waals surface area contributed by atoms with Gasteiger partial charge in [0.25, 0.3) is 5.82 Å². The van der Waals surface area contributed by atoms with Crippen molar-refractivity contribution in [3.8, 4) is 0 Å². The van der Waals surface area contributed by atoms with Crippen molar-refractivity contribution in [2.24, 2.45) is 0 Å². The summed E-state index contributed by atoms with van der Waals surface area (Å²) in [5.41, 5.74) is 2.33. The number of halogens is 4. The zero-order valence-corrected chi connectivity index (χ0v) is 13.6. The van der Waals surface area contributed by atoms with Crippen LogP contribution in [0.4, 0.5) is 19.0 Å². The van der Waals surface area contributed by atoms with Gasteiger partial charge in [-0.3, -0.25) is 0 Å². The van der Waals surface area contributed by atoms with Gasteiger partial charge in [-0.25, -0.2) is 0 Å². The molecule has 24 heavy (non-hydrogen) atoms. The number of benzene rings is 1. The van der Waals surface area contributed by atoms with E-state index in [2.05, 4.69) is 20.6 Å². The van der Waals surface area contributed by atoms with Gasteiger partial charge in [-0.2, -0.15) is 17.7 Å². The molecule has 3 rings (SSSR count). The molecule has 0 aliphatic carbocycles. The second-order valence-corrected chi connectivity index (χ2v) is 5.77. The summed E-state index contributed by atoms with van der Waals surface area (Å²) >= 11 is 5.83. The van der Waals surface area contributed by atoms with Gasteiger partial charge in [0.1, 0.15) is 0 Å². The van der Waals surface area contributed by atoms with Crippen LogP contribution in [0.15, 0.2) is 24.3 Å². The molecule has 0 bridgehead atoms. The van der Waals surface area contributed by atoms with Crippen molar-refractivity contribution < 1.29 is 13.2 Å². The Hall–Kier alpha value is -2.35. The Labute approximate surface area is 140 Å². The van der Waals surface area contributed by atoms with Crippen molar-refractivity contribution in [1.29, 1.82) is 0 Å². The highest BCUT2D eigenvalue weighted by atomic mass is 35.5. The van der Waals surface area contributed by atoms with E-state index in [0.29, 0.717) is 22.9 Å². The Morgan fingerprint density at radius 1 is 1.08 bits per heavy atom. The zero-order chi connectivity index (χ0) is 17.5. The molecule has 1 aromatic carbocycles. The van der Waals surface area contributed by atoms with Crippen LogP contribution in [0.25, 0.3) is 5.65 Å². The molecule has 0 atom stereocenters. The minimum Gasteiger partial charge on any atom is -0.364 e. The minimum absolute atomic E-state index is 0.0943. The Morgan fingerprint density at radius 2 is 1.75 bits per heavy atom. The Morgan fingerprint density at radius 3 is 2.38 bits per heavy atom. The summed E-state index contributed by atoms with van der Waals surface area (Å²) in [5, 5.41) is 14.5. The zero-order valence-electron chi connectivity index (χ0n) is 12.8. The first-order valence-electron chi connectivity index (χ1n) is 7.05. The summed E-state index contributed by atoms with van der Waals surface area (Å²) in [4.78, 5) is 0. The second-order valence-electron chi connectivity index (χ2n) is 5.34. The Balaban J connectivity index is 1.98. The first-order valence-corrected chi connectivity index (χ1v) is 7.43.